The molecule has 0 heterocycles. The Morgan fingerprint density at radius 1 is 1.28 bits per heavy atom. The van der Waals surface area contributed by atoms with Gasteiger partial charge in [-0.15, -0.1) is 0 Å². The Bertz CT molecular complexity index is 537. The largest absolute Gasteiger partial charge is 0.480 e. The quantitative estimate of drug-likeness (QED) is 0.850. The van der Waals surface area contributed by atoms with Crippen LogP contribution in [0.25, 0.3) is 0 Å². The van der Waals surface area contributed by atoms with E-state index in [4.69, 9.17) is 5.11 Å². The van der Waals surface area contributed by atoms with Crippen molar-refractivity contribution in [3.05, 3.63) is 24.3 Å². The first-order chi connectivity index (χ1) is 8.23. The van der Waals surface area contributed by atoms with Crippen LogP contribution < -0.4 is 5.32 Å². The summed E-state index contributed by atoms with van der Waals surface area (Å²) in [4.78, 5) is 11.2. The van der Waals surface area contributed by atoms with Crippen LogP contribution in [0.1, 0.15) is 13.8 Å². The number of sulfone groups is 1. The Balaban J connectivity index is 3.15. The molecule has 0 aromatic heterocycles. The molecule has 100 valence electrons. The predicted octanol–water partition coefficient (Wildman–Crippen LogP) is 1.61. The summed E-state index contributed by atoms with van der Waals surface area (Å²) in [5, 5.41) is 11.9. The summed E-state index contributed by atoms with van der Waals surface area (Å²) in [6.45, 7) is 3.52. The molecule has 1 aromatic rings. The van der Waals surface area contributed by atoms with Gasteiger partial charge >= 0.3 is 5.97 Å². The molecule has 0 amide bonds. The summed E-state index contributed by atoms with van der Waals surface area (Å²) >= 11 is 0. The van der Waals surface area contributed by atoms with Gasteiger partial charge in [-0.25, -0.2) is 13.2 Å². The summed E-state index contributed by atoms with van der Waals surface area (Å²) in [7, 11) is -3.39. The zero-order valence-corrected chi connectivity index (χ0v) is 11.4. The van der Waals surface area contributed by atoms with Crippen LogP contribution in [-0.2, 0) is 14.6 Å². The zero-order valence-electron chi connectivity index (χ0n) is 10.5. The van der Waals surface area contributed by atoms with Gasteiger partial charge in [0, 0.05) is 6.26 Å². The van der Waals surface area contributed by atoms with E-state index in [0.717, 1.165) is 6.26 Å². The summed E-state index contributed by atoms with van der Waals surface area (Å²) in [5.41, 5.74) is 0.320. The maximum atomic E-state index is 11.6. The summed E-state index contributed by atoms with van der Waals surface area (Å²) in [6.07, 6.45) is 1.10. The summed E-state index contributed by atoms with van der Waals surface area (Å²) < 4.78 is 23.2. The van der Waals surface area contributed by atoms with Crippen molar-refractivity contribution in [1.82, 2.24) is 0 Å². The van der Waals surface area contributed by atoms with E-state index in [-0.39, 0.29) is 10.8 Å². The molecule has 0 saturated carbocycles. The topological polar surface area (TPSA) is 83.5 Å². The van der Waals surface area contributed by atoms with Crippen molar-refractivity contribution >= 4 is 21.5 Å². The van der Waals surface area contributed by atoms with E-state index >= 15 is 0 Å². The summed E-state index contributed by atoms with van der Waals surface area (Å²) in [5.74, 6) is -1.16. The Hall–Kier alpha value is -1.56. The number of anilines is 1. The highest BCUT2D eigenvalue weighted by Crippen LogP contribution is 2.22. The summed E-state index contributed by atoms with van der Waals surface area (Å²) in [6, 6.07) is 5.46. The van der Waals surface area contributed by atoms with E-state index in [2.05, 4.69) is 5.32 Å². The lowest BCUT2D eigenvalue weighted by molar-refractivity contribution is -0.138. The van der Waals surface area contributed by atoms with E-state index in [1.165, 1.54) is 6.07 Å². The minimum Gasteiger partial charge on any atom is -0.480 e. The van der Waals surface area contributed by atoms with Gasteiger partial charge in [-0.3, -0.25) is 0 Å². The molecule has 1 atom stereocenters. The molecule has 1 unspecified atom stereocenters. The zero-order chi connectivity index (χ0) is 13.9. The molecule has 0 bridgehead atoms. The van der Waals surface area contributed by atoms with Crippen molar-refractivity contribution in [3.63, 3.8) is 0 Å². The van der Waals surface area contributed by atoms with E-state index in [1.807, 2.05) is 0 Å². The lowest BCUT2D eigenvalue weighted by Gasteiger charge is -2.20. The number of hydrogen-bond acceptors (Lipinski definition) is 4. The van der Waals surface area contributed by atoms with E-state index in [1.54, 1.807) is 32.0 Å². The second kappa shape index (κ2) is 5.39. The highest BCUT2D eigenvalue weighted by molar-refractivity contribution is 7.90. The van der Waals surface area contributed by atoms with Crippen LogP contribution in [0.4, 0.5) is 5.69 Å². The lowest BCUT2D eigenvalue weighted by atomic mass is 10.0. The number of hydrogen-bond donors (Lipinski definition) is 2. The monoisotopic (exact) mass is 271 g/mol. The number of carboxylic acid groups (broad SMARTS) is 1. The van der Waals surface area contributed by atoms with Gasteiger partial charge < -0.3 is 10.4 Å². The van der Waals surface area contributed by atoms with Crippen molar-refractivity contribution in [3.8, 4) is 0 Å². The fourth-order valence-corrected chi connectivity index (χ4v) is 2.44. The number of aliphatic carboxylic acids is 1. The first kappa shape index (κ1) is 14.5. The van der Waals surface area contributed by atoms with Crippen molar-refractivity contribution in [1.29, 1.82) is 0 Å². The number of rotatable bonds is 5. The second-order valence-corrected chi connectivity index (χ2v) is 6.46. The third-order valence-corrected chi connectivity index (χ3v) is 3.69. The maximum Gasteiger partial charge on any atom is 0.326 e. The van der Waals surface area contributed by atoms with Crippen LogP contribution in [0.5, 0.6) is 0 Å². The molecule has 0 fully saturated rings. The Kier molecular flexibility index (Phi) is 4.34. The second-order valence-electron chi connectivity index (χ2n) is 4.47. The van der Waals surface area contributed by atoms with Gasteiger partial charge in [0.2, 0.25) is 0 Å². The fraction of sp³-hybridized carbons (Fsp3) is 0.417. The molecule has 1 rings (SSSR count). The van der Waals surface area contributed by atoms with Gasteiger partial charge in [-0.1, -0.05) is 26.0 Å². The van der Waals surface area contributed by atoms with E-state index in [0.29, 0.717) is 5.69 Å². The van der Waals surface area contributed by atoms with Crippen LogP contribution in [0.2, 0.25) is 0 Å². The van der Waals surface area contributed by atoms with E-state index < -0.39 is 21.8 Å². The molecule has 0 aliphatic carbocycles. The molecule has 18 heavy (non-hydrogen) atoms. The van der Waals surface area contributed by atoms with Gasteiger partial charge in [0.1, 0.15) is 6.04 Å². The normalized spacial score (nSPS) is 13.3. The van der Waals surface area contributed by atoms with Crippen LogP contribution in [-0.4, -0.2) is 31.8 Å². The predicted molar refractivity (Wildman–Crippen MR) is 69.4 cm³/mol. The van der Waals surface area contributed by atoms with E-state index in [9.17, 15) is 13.2 Å². The standard InChI is InChI=1S/C12H17NO4S/c1-8(2)11(12(14)15)13-9-6-4-5-7-10(9)18(3,16)17/h4-8,11,13H,1-3H3,(H,14,15). The number of para-hydroxylation sites is 1. The number of carbonyl (C=O) groups is 1. The van der Waals surface area contributed by atoms with Crippen LogP contribution >= 0.6 is 0 Å². The van der Waals surface area contributed by atoms with Crippen molar-refractivity contribution < 1.29 is 18.3 Å². The molecule has 0 aliphatic rings. The highest BCUT2D eigenvalue weighted by atomic mass is 32.2. The van der Waals surface area contributed by atoms with Gasteiger partial charge in [0.05, 0.1) is 10.6 Å². The first-order valence-electron chi connectivity index (χ1n) is 5.52. The molecular weight excluding hydrogens is 254 g/mol. The fourth-order valence-electron chi connectivity index (χ4n) is 1.59. The molecular formula is C12H17NO4S. The molecule has 2 N–H and O–H groups in total. The molecule has 0 saturated heterocycles. The Morgan fingerprint density at radius 2 is 1.83 bits per heavy atom. The molecule has 1 aromatic carbocycles. The lowest BCUT2D eigenvalue weighted by Crippen LogP contribution is -2.34. The third kappa shape index (κ3) is 3.46. The average molecular weight is 271 g/mol. The SMILES string of the molecule is CC(C)C(Nc1ccccc1S(C)(=O)=O)C(=O)O. The minimum absolute atomic E-state index is 0.108. The van der Waals surface area contributed by atoms with Crippen molar-refractivity contribution in [2.45, 2.75) is 24.8 Å². The average Bonchev–Trinajstić information content (AvgIpc) is 2.24. The Morgan fingerprint density at radius 3 is 2.28 bits per heavy atom. The third-order valence-electron chi connectivity index (χ3n) is 2.53. The maximum absolute atomic E-state index is 11.6. The molecule has 0 aliphatic heterocycles. The van der Waals surface area contributed by atoms with Crippen LogP contribution in [0.15, 0.2) is 29.2 Å². The van der Waals surface area contributed by atoms with Crippen LogP contribution in [0.3, 0.4) is 0 Å². The highest BCUT2D eigenvalue weighted by Gasteiger charge is 2.23. The smallest absolute Gasteiger partial charge is 0.326 e. The molecule has 5 nitrogen and oxygen atoms in total. The Labute approximate surface area is 107 Å². The molecule has 0 spiro atoms. The molecule has 0 radical (unpaired) electrons. The number of carboxylic acids is 1. The van der Waals surface area contributed by atoms with Crippen molar-refractivity contribution in [2.24, 2.45) is 5.92 Å². The van der Waals surface area contributed by atoms with Crippen molar-refractivity contribution in [2.75, 3.05) is 11.6 Å². The molecule has 6 heteroatoms. The van der Waals surface area contributed by atoms with Gasteiger partial charge in [0.25, 0.3) is 0 Å². The minimum atomic E-state index is -3.39. The number of nitrogens with one attached hydrogen (secondary N) is 1. The van der Waals surface area contributed by atoms with Gasteiger partial charge in [-0.05, 0) is 18.1 Å². The van der Waals surface area contributed by atoms with Gasteiger partial charge in [-0.2, -0.15) is 0 Å². The first-order valence-corrected chi connectivity index (χ1v) is 7.41. The number of benzene rings is 1. The van der Waals surface area contributed by atoms with Crippen LogP contribution in [0, 0.1) is 5.92 Å². The van der Waals surface area contributed by atoms with Gasteiger partial charge in [0.15, 0.2) is 9.84 Å².